The molecule has 0 heterocycles. The molecule has 0 radical (unpaired) electrons. The van der Waals surface area contributed by atoms with Crippen molar-refractivity contribution in [3.63, 3.8) is 0 Å². The highest BCUT2D eigenvalue weighted by Crippen LogP contribution is 2.99. The van der Waals surface area contributed by atoms with Crippen LogP contribution in [0.25, 0.3) is 0 Å². The SMILES string of the molecule is FS(F)(F)(F)(F)F.S.S. The van der Waals surface area contributed by atoms with E-state index >= 15 is 0 Å². The Hall–Kier alpha value is 0.630. The molecule has 0 aromatic rings. The molecule has 0 aromatic carbocycles. The highest BCUT2D eigenvalue weighted by molar-refractivity contribution is 8.41. The van der Waals surface area contributed by atoms with Gasteiger partial charge in [-0.2, -0.15) is 27.0 Å². The van der Waals surface area contributed by atoms with Gasteiger partial charge in [0, 0.05) is 0 Å². The van der Waals surface area contributed by atoms with Gasteiger partial charge in [0.2, 0.25) is 0 Å². The monoisotopic (exact) mass is 214 g/mol. The molecule has 0 bridgehead atoms. The van der Waals surface area contributed by atoms with Crippen molar-refractivity contribution in [3.05, 3.63) is 0 Å². The summed E-state index contributed by atoms with van der Waals surface area (Å²) in [5, 5.41) is 0. The Morgan fingerprint density at radius 3 is 0.556 bits per heavy atom. The predicted octanol–water partition coefficient (Wildman–Crippen LogP) is 3.40. The molecule has 0 aliphatic carbocycles. The Kier molecular flexibility index (Phi) is 3.73. The minimum absolute atomic E-state index is 0. The van der Waals surface area contributed by atoms with Crippen molar-refractivity contribution in [2.24, 2.45) is 0 Å². The number of hydrogen-bond donors (Lipinski definition) is 0. The average molecular weight is 214 g/mol. The first kappa shape index (κ1) is 16.3. The van der Waals surface area contributed by atoms with Gasteiger partial charge >= 0.3 is 10.6 Å². The van der Waals surface area contributed by atoms with E-state index in [0.717, 1.165) is 0 Å². The van der Waals surface area contributed by atoms with Gasteiger partial charge in [0.15, 0.2) is 0 Å². The molecule has 9 heteroatoms. The van der Waals surface area contributed by atoms with Crippen LogP contribution in [0.3, 0.4) is 0 Å². The summed E-state index contributed by atoms with van der Waals surface area (Å²) in [4.78, 5) is 0. The zero-order valence-corrected chi connectivity index (χ0v) is 6.49. The molecular formula is H4F6S3. The van der Waals surface area contributed by atoms with Crippen molar-refractivity contribution < 1.29 is 23.3 Å². The topological polar surface area (TPSA) is 0 Å². The lowest BCUT2D eigenvalue weighted by molar-refractivity contribution is 0.291. The molecule has 64 valence electrons. The number of rotatable bonds is 0. The fourth-order valence-corrected chi connectivity index (χ4v) is 0. The molecule has 0 fully saturated rings. The maximum absolute atomic E-state index is 10.5. The Labute approximate surface area is 61.5 Å². The highest BCUT2D eigenvalue weighted by Gasteiger charge is 2.64. The largest absolute Gasteiger partial charge is 0.431 e. The van der Waals surface area contributed by atoms with Gasteiger partial charge in [-0.15, -0.1) is 0 Å². The lowest BCUT2D eigenvalue weighted by atomic mass is 18.6. The summed E-state index contributed by atoms with van der Waals surface area (Å²) < 4.78 is 59.1. The molecule has 0 amide bonds. The van der Waals surface area contributed by atoms with Crippen LogP contribution in [0, 0.1) is 0 Å². The van der Waals surface area contributed by atoms with Gasteiger partial charge in [0.25, 0.3) is 0 Å². The quantitative estimate of drug-likeness (QED) is 0.542. The molecule has 0 unspecified atom stereocenters. The summed E-state index contributed by atoms with van der Waals surface area (Å²) in [6, 6.07) is 0. The van der Waals surface area contributed by atoms with Crippen LogP contribution in [-0.4, -0.2) is 0 Å². The fourth-order valence-electron chi connectivity index (χ4n) is 0. The first-order valence-corrected chi connectivity index (χ1v) is 2.78. The maximum Gasteiger partial charge on any atom is 0.431 e. The second-order valence-corrected chi connectivity index (χ2v) is 2.62. The molecule has 0 nitrogen and oxygen atoms in total. The van der Waals surface area contributed by atoms with Gasteiger partial charge in [-0.25, -0.2) is 0 Å². The summed E-state index contributed by atoms with van der Waals surface area (Å²) in [7, 11) is -10.5. The van der Waals surface area contributed by atoms with Gasteiger partial charge < -0.3 is 0 Å². The third-order valence-electron chi connectivity index (χ3n) is 0. The van der Waals surface area contributed by atoms with Crippen molar-refractivity contribution in [2.45, 2.75) is 0 Å². The van der Waals surface area contributed by atoms with Crippen molar-refractivity contribution in [1.82, 2.24) is 0 Å². The summed E-state index contributed by atoms with van der Waals surface area (Å²) in [5.74, 6) is 0. The van der Waals surface area contributed by atoms with E-state index in [-0.39, 0.29) is 27.0 Å². The molecule has 0 aliphatic heterocycles. The van der Waals surface area contributed by atoms with E-state index in [2.05, 4.69) is 0 Å². The maximum atomic E-state index is 9.85. The van der Waals surface area contributed by atoms with Crippen LogP contribution < -0.4 is 0 Å². The molecule has 9 heavy (non-hydrogen) atoms. The minimum atomic E-state index is -10.5. The molecule has 0 saturated carbocycles. The van der Waals surface area contributed by atoms with E-state index in [1.165, 1.54) is 0 Å². The van der Waals surface area contributed by atoms with Crippen molar-refractivity contribution in [2.75, 3.05) is 0 Å². The van der Waals surface area contributed by atoms with Gasteiger partial charge in [-0.05, 0) is 0 Å². The Morgan fingerprint density at radius 2 is 0.556 bits per heavy atom. The van der Waals surface area contributed by atoms with Crippen molar-refractivity contribution in [1.29, 1.82) is 0 Å². The van der Waals surface area contributed by atoms with Crippen LogP contribution in [0.1, 0.15) is 0 Å². The zero-order valence-electron chi connectivity index (χ0n) is 3.68. The van der Waals surface area contributed by atoms with E-state index in [9.17, 15) is 23.3 Å². The van der Waals surface area contributed by atoms with E-state index in [1.807, 2.05) is 0 Å². The molecule has 0 rings (SSSR count). The minimum Gasteiger partial charge on any atom is -0.197 e. The third-order valence-corrected chi connectivity index (χ3v) is 0. The Bertz CT molecular complexity index is 66.9. The summed E-state index contributed by atoms with van der Waals surface area (Å²) in [6.45, 7) is 0. The van der Waals surface area contributed by atoms with Crippen LogP contribution in [0.5, 0.6) is 0 Å². The zero-order chi connectivity index (χ0) is 6.41. The van der Waals surface area contributed by atoms with Crippen molar-refractivity contribution >= 4 is 37.6 Å². The number of halogens is 6. The van der Waals surface area contributed by atoms with Crippen molar-refractivity contribution in [3.8, 4) is 0 Å². The Balaban J connectivity index is -0.000000180. The third kappa shape index (κ3) is 956. The smallest absolute Gasteiger partial charge is 0.197 e. The van der Waals surface area contributed by atoms with Crippen LogP contribution >= 0.6 is 37.6 Å². The lowest BCUT2D eigenvalue weighted by Crippen LogP contribution is -1.92. The van der Waals surface area contributed by atoms with Gasteiger partial charge in [0.1, 0.15) is 0 Å². The average Bonchev–Trinajstić information content (AvgIpc) is 0.592. The van der Waals surface area contributed by atoms with E-state index in [0.29, 0.717) is 0 Å². The molecular weight excluding hydrogens is 210 g/mol. The van der Waals surface area contributed by atoms with Crippen LogP contribution in [0.15, 0.2) is 0 Å². The second-order valence-electron chi connectivity index (χ2n) is 0.875. The molecule has 0 N–H and O–H groups in total. The van der Waals surface area contributed by atoms with Crippen LogP contribution in [-0.2, 0) is 0 Å². The summed E-state index contributed by atoms with van der Waals surface area (Å²) in [5.41, 5.74) is 0. The first-order chi connectivity index (χ1) is 2.45. The van der Waals surface area contributed by atoms with Gasteiger partial charge in [-0.1, -0.05) is 23.3 Å². The molecule has 0 aliphatic rings. The first-order valence-electron chi connectivity index (χ1n) is 0.926. The van der Waals surface area contributed by atoms with E-state index < -0.39 is 10.6 Å². The Morgan fingerprint density at radius 1 is 0.556 bits per heavy atom. The van der Waals surface area contributed by atoms with Crippen LogP contribution in [0.4, 0.5) is 23.3 Å². The van der Waals surface area contributed by atoms with E-state index in [1.54, 1.807) is 0 Å². The number of hydrogen-bond acceptors (Lipinski definition) is 0. The van der Waals surface area contributed by atoms with Gasteiger partial charge in [0.05, 0.1) is 0 Å². The summed E-state index contributed by atoms with van der Waals surface area (Å²) in [6.07, 6.45) is 0. The lowest BCUT2D eigenvalue weighted by Gasteiger charge is -2.28. The standard InChI is InChI=1S/F6S.2H2S/c1-7(2,3,4,5)6;;/h;2*1H2. The highest BCUT2D eigenvalue weighted by atomic mass is 32.5. The normalized spacial score (nSPS) is 18.0. The second kappa shape index (κ2) is 2.06. The fraction of sp³-hybridized carbons (Fsp3) is 0. The molecule has 0 saturated heterocycles. The molecule has 0 spiro atoms. The summed E-state index contributed by atoms with van der Waals surface area (Å²) >= 11 is 0. The van der Waals surface area contributed by atoms with E-state index in [4.69, 9.17) is 0 Å². The van der Waals surface area contributed by atoms with Gasteiger partial charge in [-0.3, -0.25) is 0 Å². The molecule has 0 aromatic heterocycles. The van der Waals surface area contributed by atoms with Crippen LogP contribution in [0.2, 0.25) is 0 Å². The predicted molar refractivity (Wildman–Crippen MR) is 35.0 cm³/mol. The molecule has 0 atom stereocenters.